The van der Waals surface area contributed by atoms with Crippen LogP contribution >= 0.6 is 23.4 Å². The number of nitrogens with zero attached hydrogens (tertiary/aromatic N) is 2. The van der Waals surface area contributed by atoms with Gasteiger partial charge in [-0.15, -0.1) is 0 Å². The normalized spacial score (nSPS) is 24.9. The summed E-state index contributed by atoms with van der Waals surface area (Å²) in [5.74, 6) is 0.661. The van der Waals surface area contributed by atoms with Gasteiger partial charge < -0.3 is 10.2 Å². The first-order valence-electron chi connectivity index (χ1n) is 8.60. The molecule has 1 atom stereocenters. The van der Waals surface area contributed by atoms with Gasteiger partial charge in [-0.05, 0) is 68.2 Å². The molecule has 2 bridgehead atoms. The highest BCUT2D eigenvalue weighted by molar-refractivity contribution is 7.99. The Balaban J connectivity index is 1.39. The molecule has 130 valence electrons. The van der Waals surface area contributed by atoms with E-state index in [-0.39, 0.29) is 5.91 Å². The van der Waals surface area contributed by atoms with E-state index in [1.54, 1.807) is 12.3 Å². The Labute approximate surface area is 157 Å². The highest BCUT2D eigenvalue weighted by Crippen LogP contribution is 2.29. The lowest BCUT2D eigenvalue weighted by molar-refractivity contribution is 0.0620. The molecule has 0 radical (unpaired) electrons. The van der Waals surface area contributed by atoms with Crippen LogP contribution < -0.4 is 5.32 Å². The largest absolute Gasteiger partial charge is 0.348 e. The van der Waals surface area contributed by atoms with Crippen molar-refractivity contribution in [3.8, 4) is 0 Å². The fourth-order valence-electron chi connectivity index (χ4n) is 3.62. The van der Waals surface area contributed by atoms with Gasteiger partial charge in [-0.1, -0.05) is 23.4 Å². The first kappa shape index (κ1) is 16.9. The topological polar surface area (TPSA) is 45.2 Å². The fraction of sp³-hybridized carbons (Fsp3) is 0.368. The summed E-state index contributed by atoms with van der Waals surface area (Å²) in [6, 6.07) is 11.6. The van der Waals surface area contributed by atoms with Crippen LogP contribution in [0.2, 0.25) is 5.02 Å². The van der Waals surface area contributed by atoms with Crippen LogP contribution in [0.15, 0.2) is 52.5 Å². The second kappa shape index (κ2) is 7.36. The minimum absolute atomic E-state index is 0.0242. The van der Waals surface area contributed by atoms with Crippen LogP contribution in [0.1, 0.15) is 23.2 Å². The molecular formula is C19H20ClN3OS. The molecule has 5 rings (SSSR count). The quantitative estimate of drug-likeness (QED) is 0.887. The summed E-state index contributed by atoms with van der Waals surface area (Å²) in [6.07, 6.45) is 4.10. The van der Waals surface area contributed by atoms with E-state index in [0.717, 1.165) is 16.5 Å². The third kappa shape index (κ3) is 4.00. The lowest BCUT2D eigenvalue weighted by atomic mass is 9.84. The zero-order valence-electron chi connectivity index (χ0n) is 13.8. The second-order valence-electron chi connectivity index (χ2n) is 6.66. The van der Waals surface area contributed by atoms with Crippen LogP contribution in [-0.4, -0.2) is 41.5 Å². The molecule has 3 aliphatic rings. The predicted molar refractivity (Wildman–Crippen MR) is 100 cm³/mol. The number of hydrogen-bond acceptors (Lipinski definition) is 4. The number of hydrogen-bond donors (Lipinski definition) is 1. The highest BCUT2D eigenvalue weighted by atomic mass is 35.5. The fourth-order valence-corrected chi connectivity index (χ4v) is 4.65. The van der Waals surface area contributed by atoms with E-state index in [1.165, 1.54) is 37.7 Å². The maximum Gasteiger partial charge on any atom is 0.251 e. The monoisotopic (exact) mass is 373 g/mol. The van der Waals surface area contributed by atoms with Gasteiger partial charge in [-0.25, -0.2) is 4.98 Å². The molecule has 3 fully saturated rings. The average Bonchev–Trinajstić information content (AvgIpc) is 2.63. The van der Waals surface area contributed by atoms with E-state index in [4.69, 9.17) is 11.6 Å². The molecule has 1 N–H and O–H groups in total. The number of piperidine rings is 3. The molecule has 25 heavy (non-hydrogen) atoms. The number of nitrogens with one attached hydrogen (secondary N) is 1. The van der Waals surface area contributed by atoms with Gasteiger partial charge in [0.1, 0.15) is 5.03 Å². The minimum atomic E-state index is 0.0242. The SMILES string of the molecule is O=C(N[C@H]1CN2CCC1CC2)c1ccc(Sc2cc(Cl)ccn2)cc1. The van der Waals surface area contributed by atoms with Gasteiger partial charge in [-0.2, -0.15) is 0 Å². The van der Waals surface area contributed by atoms with Gasteiger partial charge in [0.05, 0.1) is 0 Å². The molecule has 3 saturated heterocycles. The van der Waals surface area contributed by atoms with E-state index < -0.39 is 0 Å². The molecule has 0 saturated carbocycles. The lowest BCUT2D eigenvalue weighted by Crippen LogP contribution is -2.57. The number of carbonyl (C=O) groups excluding carboxylic acids is 1. The average molecular weight is 374 g/mol. The molecule has 1 amide bonds. The summed E-state index contributed by atoms with van der Waals surface area (Å²) < 4.78 is 0. The standard InChI is InChI=1S/C19H20ClN3OS/c20-15-5-8-21-18(11-15)25-16-3-1-14(2-4-16)19(24)22-17-12-23-9-6-13(17)7-10-23/h1-5,8,11,13,17H,6-7,9-10,12H2,(H,22,24)/t17-/m0/s1. The molecule has 4 nitrogen and oxygen atoms in total. The van der Waals surface area contributed by atoms with E-state index in [1.807, 2.05) is 30.3 Å². The van der Waals surface area contributed by atoms with Crippen molar-refractivity contribution < 1.29 is 4.79 Å². The molecule has 1 aromatic heterocycles. The van der Waals surface area contributed by atoms with Crippen LogP contribution in [0.5, 0.6) is 0 Å². The molecule has 4 heterocycles. The summed E-state index contributed by atoms with van der Waals surface area (Å²) in [5.41, 5.74) is 0.708. The Morgan fingerprint density at radius 1 is 1.20 bits per heavy atom. The van der Waals surface area contributed by atoms with Gasteiger partial charge in [0.15, 0.2) is 0 Å². The maximum absolute atomic E-state index is 12.5. The lowest BCUT2D eigenvalue weighted by Gasteiger charge is -2.44. The van der Waals surface area contributed by atoms with Crippen LogP contribution in [0.3, 0.4) is 0 Å². The number of amides is 1. The Morgan fingerprint density at radius 2 is 1.96 bits per heavy atom. The summed E-state index contributed by atoms with van der Waals surface area (Å²) in [7, 11) is 0. The Morgan fingerprint density at radius 3 is 2.60 bits per heavy atom. The zero-order valence-corrected chi connectivity index (χ0v) is 15.4. The van der Waals surface area contributed by atoms with Crippen LogP contribution in [0.4, 0.5) is 0 Å². The van der Waals surface area contributed by atoms with Crippen LogP contribution in [-0.2, 0) is 0 Å². The maximum atomic E-state index is 12.5. The Kier molecular flexibility index (Phi) is 4.97. The Hall–Kier alpha value is -1.56. The molecule has 1 aromatic carbocycles. The third-order valence-corrected chi connectivity index (χ3v) is 6.18. The van der Waals surface area contributed by atoms with Crippen molar-refractivity contribution in [1.82, 2.24) is 15.2 Å². The second-order valence-corrected chi connectivity index (χ2v) is 8.19. The number of carbonyl (C=O) groups is 1. The number of pyridine rings is 1. The molecule has 2 aromatic rings. The molecule has 0 unspecified atom stereocenters. The number of benzene rings is 1. The van der Waals surface area contributed by atoms with Crippen molar-refractivity contribution in [2.45, 2.75) is 28.8 Å². The first-order chi connectivity index (χ1) is 12.2. The van der Waals surface area contributed by atoms with E-state index in [9.17, 15) is 4.79 Å². The Bertz CT molecular complexity index is 760. The molecule has 0 aliphatic carbocycles. The van der Waals surface area contributed by atoms with Crippen LogP contribution in [0.25, 0.3) is 0 Å². The van der Waals surface area contributed by atoms with E-state index >= 15 is 0 Å². The summed E-state index contributed by atoms with van der Waals surface area (Å²) in [4.78, 5) is 20.3. The van der Waals surface area contributed by atoms with E-state index in [2.05, 4.69) is 15.2 Å². The van der Waals surface area contributed by atoms with Gasteiger partial charge in [-0.3, -0.25) is 4.79 Å². The van der Waals surface area contributed by atoms with Gasteiger partial charge in [0, 0.05) is 34.3 Å². The van der Waals surface area contributed by atoms with Gasteiger partial charge in [0.2, 0.25) is 0 Å². The van der Waals surface area contributed by atoms with Crippen molar-refractivity contribution in [1.29, 1.82) is 0 Å². The molecular weight excluding hydrogens is 354 g/mol. The summed E-state index contributed by atoms with van der Waals surface area (Å²) >= 11 is 7.52. The minimum Gasteiger partial charge on any atom is -0.348 e. The van der Waals surface area contributed by atoms with Crippen molar-refractivity contribution in [3.05, 3.63) is 53.2 Å². The van der Waals surface area contributed by atoms with Gasteiger partial charge in [0.25, 0.3) is 5.91 Å². The first-order valence-corrected chi connectivity index (χ1v) is 9.79. The van der Waals surface area contributed by atoms with Crippen molar-refractivity contribution in [2.24, 2.45) is 5.92 Å². The molecule has 0 spiro atoms. The van der Waals surface area contributed by atoms with Gasteiger partial charge >= 0.3 is 0 Å². The van der Waals surface area contributed by atoms with Crippen molar-refractivity contribution in [2.75, 3.05) is 19.6 Å². The number of rotatable bonds is 4. The van der Waals surface area contributed by atoms with Crippen LogP contribution in [0, 0.1) is 5.92 Å². The molecule has 3 aliphatic heterocycles. The third-order valence-electron chi connectivity index (χ3n) is 5.01. The highest BCUT2D eigenvalue weighted by Gasteiger charge is 2.34. The predicted octanol–water partition coefficient (Wildman–Crippen LogP) is 3.71. The van der Waals surface area contributed by atoms with E-state index in [0.29, 0.717) is 22.5 Å². The van der Waals surface area contributed by atoms with Crippen molar-refractivity contribution in [3.63, 3.8) is 0 Å². The smallest absolute Gasteiger partial charge is 0.251 e. The zero-order chi connectivity index (χ0) is 17.2. The van der Waals surface area contributed by atoms with Crippen molar-refractivity contribution >= 4 is 29.3 Å². The molecule has 6 heteroatoms. The summed E-state index contributed by atoms with van der Waals surface area (Å²) in [5, 5.41) is 4.74. The number of fused-ring (bicyclic) bond motifs is 3. The number of aromatic nitrogens is 1. The number of halogens is 1. The summed E-state index contributed by atoms with van der Waals surface area (Å²) in [6.45, 7) is 3.35.